The summed E-state index contributed by atoms with van der Waals surface area (Å²) < 4.78 is 5.55. The van der Waals surface area contributed by atoms with Crippen LogP contribution < -0.4 is 15.4 Å². The molecule has 3 saturated carbocycles. The predicted octanol–water partition coefficient (Wildman–Crippen LogP) is 5.37. The van der Waals surface area contributed by atoms with Crippen LogP contribution in [0.2, 0.25) is 5.02 Å². The van der Waals surface area contributed by atoms with E-state index in [1.807, 2.05) is 6.07 Å². The molecule has 1 heterocycles. The van der Waals surface area contributed by atoms with Gasteiger partial charge in [0.15, 0.2) is 0 Å². The summed E-state index contributed by atoms with van der Waals surface area (Å²) in [6, 6.07) is 4.56. The van der Waals surface area contributed by atoms with Crippen LogP contribution in [0.3, 0.4) is 0 Å². The molecule has 0 radical (unpaired) electrons. The first-order valence-corrected chi connectivity index (χ1v) is 12.7. The molecule has 2 bridgehead atoms. The molecule has 1 saturated heterocycles. The molecule has 5 rings (SSSR count). The highest BCUT2D eigenvalue weighted by molar-refractivity contribution is 6.33. The molecule has 1 aromatic rings. The molecule has 7 heteroatoms. The molecule has 0 spiro atoms. The monoisotopic (exact) mass is 481 g/mol. The average Bonchev–Trinajstić information content (AvgIpc) is 3.48. The minimum atomic E-state index is -0.0804. The lowest BCUT2D eigenvalue weighted by atomic mass is 9.68. The zero-order valence-electron chi connectivity index (χ0n) is 19.1. The fraction of sp³-hybridized carbons (Fsp3) is 0.720. The average molecular weight is 482 g/mol. The Morgan fingerprint density at radius 2 is 1.78 bits per heavy atom. The zero-order chi connectivity index (χ0) is 21.4. The number of carbonyl (C=O) groups is 1. The van der Waals surface area contributed by atoms with Crippen LogP contribution >= 0.6 is 24.0 Å². The van der Waals surface area contributed by atoms with E-state index in [4.69, 9.17) is 16.3 Å². The molecule has 4 aliphatic rings. The van der Waals surface area contributed by atoms with Crippen molar-refractivity contribution in [2.75, 3.05) is 32.1 Å². The van der Waals surface area contributed by atoms with Gasteiger partial charge < -0.3 is 15.4 Å². The van der Waals surface area contributed by atoms with Gasteiger partial charge in [0.25, 0.3) is 5.91 Å². The van der Waals surface area contributed by atoms with Gasteiger partial charge in [0.05, 0.1) is 23.4 Å². The topological polar surface area (TPSA) is 53.6 Å². The van der Waals surface area contributed by atoms with Gasteiger partial charge in [0.1, 0.15) is 5.75 Å². The van der Waals surface area contributed by atoms with Crippen molar-refractivity contribution in [3.05, 3.63) is 22.7 Å². The molecule has 2 N–H and O–H groups in total. The normalized spacial score (nSPS) is 29.8. The minimum absolute atomic E-state index is 0. The smallest absolute Gasteiger partial charge is 0.255 e. The summed E-state index contributed by atoms with van der Waals surface area (Å²) >= 11 is 6.50. The molecule has 0 unspecified atom stereocenters. The molecule has 1 aromatic carbocycles. The van der Waals surface area contributed by atoms with E-state index in [9.17, 15) is 4.79 Å². The van der Waals surface area contributed by atoms with E-state index in [2.05, 4.69) is 15.5 Å². The van der Waals surface area contributed by atoms with Crippen molar-refractivity contribution in [1.82, 2.24) is 10.2 Å². The van der Waals surface area contributed by atoms with Crippen LogP contribution in [-0.2, 0) is 0 Å². The number of rotatable bonds is 7. The molecular formula is C25H37Cl2N3O2. The van der Waals surface area contributed by atoms with Crippen molar-refractivity contribution < 1.29 is 9.53 Å². The molecule has 4 fully saturated rings. The van der Waals surface area contributed by atoms with Crippen LogP contribution in [0.15, 0.2) is 12.1 Å². The minimum Gasteiger partial charge on any atom is -0.496 e. The number of hydrogen-bond donors (Lipinski definition) is 2. The van der Waals surface area contributed by atoms with E-state index < -0.39 is 0 Å². The molecule has 3 aliphatic carbocycles. The summed E-state index contributed by atoms with van der Waals surface area (Å²) in [6.07, 6.45) is 12.0. The molecular weight excluding hydrogens is 445 g/mol. The van der Waals surface area contributed by atoms with Crippen LogP contribution in [0.4, 0.5) is 5.69 Å². The number of likely N-dealkylation sites (tertiary alicyclic amines) is 1. The third-order valence-electron chi connectivity index (χ3n) is 8.05. The number of nitrogens with zero attached hydrogens (tertiary/aromatic N) is 1. The van der Waals surface area contributed by atoms with E-state index in [0.717, 1.165) is 55.5 Å². The fourth-order valence-corrected chi connectivity index (χ4v) is 6.52. The fourth-order valence-electron chi connectivity index (χ4n) is 6.29. The first-order valence-electron chi connectivity index (χ1n) is 12.3. The number of anilines is 1. The molecule has 32 heavy (non-hydrogen) atoms. The molecule has 0 aromatic heterocycles. The van der Waals surface area contributed by atoms with E-state index in [0.29, 0.717) is 16.3 Å². The quantitative estimate of drug-likeness (QED) is 0.549. The Morgan fingerprint density at radius 3 is 2.41 bits per heavy atom. The summed E-state index contributed by atoms with van der Waals surface area (Å²) in [5.41, 5.74) is 1.37. The molecule has 1 aliphatic heterocycles. The Balaban J connectivity index is 0.00000245. The van der Waals surface area contributed by atoms with Crippen LogP contribution in [0.1, 0.15) is 68.1 Å². The largest absolute Gasteiger partial charge is 0.496 e. The SMILES string of the molecule is COc1cc(NCC2CC2)c(Cl)cc1C(=O)N[C@H]1CCN(C2C3CCCC2CCC3)C1.Cl. The second-order valence-corrected chi connectivity index (χ2v) is 10.6. The first kappa shape index (κ1) is 24.0. The second-order valence-electron chi connectivity index (χ2n) is 10.2. The van der Waals surface area contributed by atoms with Crippen LogP contribution in [0, 0.1) is 17.8 Å². The van der Waals surface area contributed by atoms with Gasteiger partial charge in [0.2, 0.25) is 0 Å². The van der Waals surface area contributed by atoms with Crippen LogP contribution in [-0.4, -0.2) is 49.6 Å². The van der Waals surface area contributed by atoms with Gasteiger partial charge in [-0.1, -0.05) is 24.4 Å². The first-order chi connectivity index (χ1) is 15.1. The maximum atomic E-state index is 13.1. The van der Waals surface area contributed by atoms with Crippen LogP contribution in [0.25, 0.3) is 0 Å². The van der Waals surface area contributed by atoms with Crippen LogP contribution in [0.5, 0.6) is 5.75 Å². The van der Waals surface area contributed by atoms with Gasteiger partial charge in [-0.15, -0.1) is 12.4 Å². The molecule has 1 amide bonds. The summed E-state index contributed by atoms with van der Waals surface area (Å²) in [5.74, 6) is 2.99. The number of nitrogens with one attached hydrogen (secondary N) is 2. The van der Waals surface area contributed by atoms with E-state index in [-0.39, 0.29) is 24.4 Å². The van der Waals surface area contributed by atoms with Crippen molar-refractivity contribution in [1.29, 1.82) is 0 Å². The number of ether oxygens (including phenoxy) is 1. The number of halogens is 2. The van der Waals surface area contributed by atoms with Crippen molar-refractivity contribution in [2.45, 2.75) is 69.9 Å². The highest BCUT2D eigenvalue weighted by Crippen LogP contribution is 2.43. The zero-order valence-corrected chi connectivity index (χ0v) is 20.6. The van der Waals surface area contributed by atoms with E-state index >= 15 is 0 Å². The molecule has 5 nitrogen and oxygen atoms in total. The van der Waals surface area contributed by atoms with Crippen molar-refractivity contribution in [3.8, 4) is 5.75 Å². The maximum Gasteiger partial charge on any atom is 0.255 e. The number of carbonyl (C=O) groups excluding carboxylic acids is 1. The lowest BCUT2D eigenvalue weighted by Gasteiger charge is -2.47. The lowest BCUT2D eigenvalue weighted by Crippen LogP contribution is -2.50. The number of fused-ring (bicyclic) bond motifs is 2. The summed E-state index contributed by atoms with van der Waals surface area (Å²) in [5, 5.41) is 7.25. The van der Waals surface area contributed by atoms with Crippen molar-refractivity contribution in [3.63, 3.8) is 0 Å². The Hall–Kier alpha value is -1.17. The number of benzene rings is 1. The highest BCUT2D eigenvalue weighted by Gasteiger charge is 2.42. The number of methoxy groups -OCH3 is 1. The van der Waals surface area contributed by atoms with Gasteiger partial charge in [-0.25, -0.2) is 0 Å². The Labute approximate surface area is 203 Å². The maximum absolute atomic E-state index is 13.1. The Morgan fingerprint density at radius 1 is 1.09 bits per heavy atom. The standard InChI is InChI=1S/C25H36ClN3O2.ClH/c1-31-23-13-22(27-14-16-8-9-16)21(26)12-20(23)25(30)28-19-10-11-29(15-19)24-17-4-2-5-18(24)7-3-6-17;/h12-13,16-19,24,27H,2-11,14-15H2,1H3,(H,28,30);1H/t17?,18?,19-,24?;/m0./s1. The Kier molecular flexibility index (Phi) is 7.79. The summed E-state index contributed by atoms with van der Waals surface area (Å²) in [7, 11) is 1.61. The van der Waals surface area contributed by atoms with Gasteiger partial charge in [-0.3, -0.25) is 9.69 Å². The highest BCUT2D eigenvalue weighted by atomic mass is 35.5. The third kappa shape index (κ3) is 5.15. The van der Waals surface area contributed by atoms with Gasteiger partial charge >= 0.3 is 0 Å². The summed E-state index contributed by atoms with van der Waals surface area (Å²) in [4.78, 5) is 15.8. The predicted molar refractivity (Wildman–Crippen MR) is 132 cm³/mol. The van der Waals surface area contributed by atoms with E-state index in [1.165, 1.54) is 51.4 Å². The number of hydrogen-bond acceptors (Lipinski definition) is 4. The second kappa shape index (κ2) is 10.4. The van der Waals surface area contributed by atoms with Gasteiger partial charge in [-0.05, 0) is 68.8 Å². The summed E-state index contributed by atoms with van der Waals surface area (Å²) in [6.45, 7) is 3.00. The molecule has 1 atom stereocenters. The Bertz CT molecular complexity index is 795. The van der Waals surface area contributed by atoms with Gasteiger partial charge in [-0.2, -0.15) is 0 Å². The lowest BCUT2D eigenvalue weighted by molar-refractivity contribution is 0.0346. The van der Waals surface area contributed by atoms with Gasteiger partial charge in [0, 0.05) is 37.8 Å². The number of amides is 1. The third-order valence-corrected chi connectivity index (χ3v) is 8.37. The van der Waals surface area contributed by atoms with E-state index in [1.54, 1.807) is 13.2 Å². The van der Waals surface area contributed by atoms with Crippen molar-refractivity contribution >= 4 is 35.6 Å². The van der Waals surface area contributed by atoms with Crippen molar-refractivity contribution in [2.24, 2.45) is 17.8 Å². The molecule has 178 valence electrons.